The van der Waals surface area contributed by atoms with Crippen molar-refractivity contribution in [3.05, 3.63) is 26.1 Å². The summed E-state index contributed by atoms with van der Waals surface area (Å²) in [6.07, 6.45) is 1.65. The van der Waals surface area contributed by atoms with Crippen LogP contribution in [-0.2, 0) is 0 Å². The fourth-order valence-electron chi connectivity index (χ4n) is 1.82. The van der Waals surface area contributed by atoms with Gasteiger partial charge in [0.25, 0.3) is 0 Å². The number of rotatable bonds is 3. The number of hydrogen-bond donors (Lipinski definition) is 1. The largest absolute Gasteiger partial charge is 0.493 e. The first-order valence-corrected chi connectivity index (χ1v) is 6.21. The van der Waals surface area contributed by atoms with Gasteiger partial charge < -0.3 is 19.2 Å². The Balaban J connectivity index is 2.98. The van der Waals surface area contributed by atoms with Crippen molar-refractivity contribution in [2.45, 2.75) is 0 Å². The Morgan fingerprint density at radius 2 is 1.78 bits per heavy atom. The number of hydrogen-bond acceptors (Lipinski definition) is 4. The van der Waals surface area contributed by atoms with Gasteiger partial charge >= 0.3 is 0 Å². The van der Waals surface area contributed by atoms with E-state index in [0.717, 1.165) is 0 Å². The van der Waals surface area contributed by atoms with Crippen molar-refractivity contribution in [3.8, 4) is 17.2 Å². The molecule has 0 amide bonds. The topological polar surface area (TPSA) is 60.6 Å². The van der Waals surface area contributed by atoms with Crippen LogP contribution in [0.3, 0.4) is 0 Å². The maximum absolute atomic E-state index is 12.2. The van der Waals surface area contributed by atoms with Crippen molar-refractivity contribution in [3.63, 3.8) is 0 Å². The monoisotopic (exact) mass is 361 g/mol. The summed E-state index contributed by atoms with van der Waals surface area (Å²) in [6, 6.07) is 1.72. The number of fused-ring (bicyclic) bond motifs is 1. The number of methoxy groups -OCH3 is 3. The summed E-state index contributed by atoms with van der Waals surface area (Å²) >= 11 is 1.98. The lowest BCUT2D eigenvalue weighted by Crippen LogP contribution is -2.09. The van der Waals surface area contributed by atoms with Crippen LogP contribution in [0.1, 0.15) is 0 Å². The van der Waals surface area contributed by atoms with E-state index in [9.17, 15) is 4.79 Å². The highest BCUT2D eigenvalue weighted by molar-refractivity contribution is 14.1. The molecule has 1 heterocycles. The number of H-pyrrole nitrogens is 1. The van der Waals surface area contributed by atoms with Crippen LogP contribution in [0.2, 0.25) is 0 Å². The summed E-state index contributed by atoms with van der Waals surface area (Å²) in [5.74, 6) is 1.31. The van der Waals surface area contributed by atoms with Gasteiger partial charge in [0.05, 0.1) is 35.8 Å². The first-order valence-electron chi connectivity index (χ1n) is 5.13. The maximum Gasteiger partial charge on any atom is 0.206 e. The predicted molar refractivity (Wildman–Crippen MR) is 76.9 cm³/mol. The van der Waals surface area contributed by atoms with E-state index < -0.39 is 0 Å². The third kappa shape index (κ3) is 1.90. The minimum Gasteiger partial charge on any atom is -0.493 e. The van der Waals surface area contributed by atoms with Crippen LogP contribution in [0.25, 0.3) is 10.9 Å². The van der Waals surface area contributed by atoms with E-state index in [2.05, 4.69) is 4.98 Å². The van der Waals surface area contributed by atoms with Crippen molar-refractivity contribution in [2.24, 2.45) is 0 Å². The Morgan fingerprint density at radius 1 is 1.11 bits per heavy atom. The second kappa shape index (κ2) is 5.05. The van der Waals surface area contributed by atoms with Gasteiger partial charge in [-0.3, -0.25) is 4.79 Å². The Hall–Kier alpha value is -1.44. The van der Waals surface area contributed by atoms with Crippen LogP contribution in [0.15, 0.2) is 17.1 Å². The van der Waals surface area contributed by atoms with Crippen molar-refractivity contribution >= 4 is 33.5 Å². The fraction of sp³-hybridized carbons (Fsp3) is 0.250. The van der Waals surface area contributed by atoms with Gasteiger partial charge in [0.1, 0.15) is 0 Å². The molecule has 96 valence electrons. The number of aromatic amines is 1. The molecule has 5 nitrogen and oxygen atoms in total. The number of pyridine rings is 1. The minimum atomic E-state index is -0.0952. The zero-order valence-corrected chi connectivity index (χ0v) is 12.3. The van der Waals surface area contributed by atoms with Gasteiger partial charge in [0.2, 0.25) is 11.2 Å². The van der Waals surface area contributed by atoms with Crippen molar-refractivity contribution in [2.75, 3.05) is 21.3 Å². The minimum absolute atomic E-state index is 0.0952. The second-order valence-corrected chi connectivity index (χ2v) is 4.70. The molecule has 0 saturated carbocycles. The Kier molecular flexibility index (Phi) is 3.65. The highest BCUT2D eigenvalue weighted by atomic mass is 127. The molecule has 0 atom stereocenters. The lowest BCUT2D eigenvalue weighted by molar-refractivity contribution is 0.327. The highest BCUT2D eigenvalue weighted by Gasteiger charge is 2.19. The van der Waals surface area contributed by atoms with Crippen LogP contribution in [-0.4, -0.2) is 26.3 Å². The van der Waals surface area contributed by atoms with Gasteiger partial charge in [-0.25, -0.2) is 0 Å². The molecular formula is C12H12INO4. The SMILES string of the molecule is COc1cc2[nH]cc(I)c(=O)c2c(OC)c1OC. The van der Waals surface area contributed by atoms with Gasteiger partial charge in [0.15, 0.2) is 11.5 Å². The summed E-state index contributed by atoms with van der Waals surface area (Å²) in [6.45, 7) is 0. The quantitative estimate of drug-likeness (QED) is 0.852. The standard InChI is InChI=1S/C12H12INO4/c1-16-8-4-7-9(10(15)6(13)5-14-7)12(18-3)11(8)17-2/h4-5H,1-3H3,(H,14,15). The molecule has 0 spiro atoms. The summed E-state index contributed by atoms with van der Waals surface area (Å²) in [7, 11) is 4.54. The molecule has 0 bridgehead atoms. The first kappa shape index (κ1) is 13.0. The molecule has 0 aliphatic heterocycles. The Labute approximate surface area is 117 Å². The zero-order chi connectivity index (χ0) is 13.3. The van der Waals surface area contributed by atoms with Crippen LogP contribution >= 0.6 is 22.6 Å². The summed E-state index contributed by atoms with van der Waals surface area (Å²) < 4.78 is 16.4. The average molecular weight is 361 g/mol. The van der Waals surface area contributed by atoms with Gasteiger partial charge in [-0.1, -0.05) is 0 Å². The molecular weight excluding hydrogens is 349 g/mol. The number of aromatic nitrogens is 1. The third-order valence-electron chi connectivity index (χ3n) is 2.63. The van der Waals surface area contributed by atoms with Crippen molar-refractivity contribution in [1.82, 2.24) is 4.98 Å². The van der Waals surface area contributed by atoms with E-state index >= 15 is 0 Å². The number of benzene rings is 1. The van der Waals surface area contributed by atoms with E-state index in [1.54, 1.807) is 12.3 Å². The normalized spacial score (nSPS) is 10.4. The number of ether oxygens (including phenoxy) is 3. The molecule has 1 N–H and O–H groups in total. The zero-order valence-electron chi connectivity index (χ0n) is 10.2. The average Bonchev–Trinajstić information content (AvgIpc) is 2.40. The molecule has 0 saturated heterocycles. The number of nitrogens with one attached hydrogen (secondary N) is 1. The maximum atomic E-state index is 12.2. The molecule has 2 rings (SSSR count). The van der Waals surface area contributed by atoms with Crippen LogP contribution in [0, 0.1) is 3.57 Å². The molecule has 1 aromatic carbocycles. The summed E-state index contributed by atoms with van der Waals surface area (Å²) in [5.41, 5.74) is 0.553. The molecule has 0 unspecified atom stereocenters. The molecule has 1 aromatic heterocycles. The van der Waals surface area contributed by atoms with Gasteiger partial charge in [-0.2, -0.15) is 0 Å². The number of halogens is 1. The van der Waals surface area contributed by atoms with Crippen molar-refractivity contribution in [1.29, 1.82) is 0 Å². The highest BCUT2D eigenvalue weighted by Crippen LogP contribution is 2.41. The van der Waals surface area contributed by atoms with E-state index in [1.165, 1.54) is 21.3 Å². The smallest absolute Gasteiger partial charge is 0.206 e. The first-order chi connectivity index (χ1) is 8.63. The van der Waals surface area contributed by atoms with E-state index in [1.807, 2.05) is 22.6 Å². The lowest BCUT2D eigenvalue weighted by atomic mass is 10.1. The lowest BCUT2D eigenvalue weighted by Gasteiger charge is -2.14. The van der Waals surface area contributed by atoms with Crippen LogP contribution in [0.5, 0.6) is 17.2 Å². The summed E-state index contributed by atoms with van der Waals surface area (Å²) in [4.78, 5) is 15.2. The Bertz CT molecular complexity index is 651. The molecule has 0 aliphatic carbocycles. The molecule has 2 aromatic rings. The van der Waals surface area contributed by atoms with Gasteiger partial charge in [-0.15, -0.1) is 0 Å². The Morgan fingerprint density at radius 3 is 2.33 bits per heavy atom. The molecule has 6 heteroatoms. The molecule has 0 fully saturated rings. The van der Waals surface area contributed by atoms with Gasteiger partial charge in [0, 0.05) is 12.3 Å². The van der Waals surface area contributed by atoms with E-state index in [0.29, 0.717) is 31.7 Å². The summed E-state index contributed by atoms with van der Waals surface area (Å²) in [5, 5.41) is 0.460. The van der Waals surface area contributed by atoms with Crippen LogP contribution < -0.4 is 19.6 Å². The third-order valence-corrected chi connectivity index (χ3v) is 3.43. The molecule has 0 radical (unpaired) electrons. The fourth-order valence-corrected chi connectivity index (χ4v) is 2.25. The second-order valence-electron chi connectivity index (χ2n) is 3.53. The van der Waals surface area contributed by atoms with Crippen molar-refractivity contribution < 1.29 is 14.2 Å². The predicted octanol–water partition coefficient (Wildman–Crippen LogP) is 2.16. The van der Waals surface area contributed by atoms with Gasteiger partial charge in [-0.05, 0) is 22.6 Å². The van der Waals surface area contributed by atoms with E-state index in [-0.39, 0.29) is 5.43 Å². The van der Waals surface area contributed by atoms with E-state index in [4.69, 9.17) is 14.2 Å². The van der Waals surface area contributed by atoms with Crippen LogP contribution in [0.4, 0.5) is 0 Å². The molecule has 0 aliphatic rings. The molecule has 18 heavy (non-hydrogen) atoms.